The molecule has 1 aromatic rings. The Bertz CT molecular complexity index is 378. The Morgan fingerprint density at radius 3 is 2.50 bits per heavy atom. The van der Waals surface area contributed by atoms with E-state index in [4.69, 9.17) is 16.3 Å². The number of nitrogens with one attached hydrogen (secondary N) is 1. The van der Waals surface area contributed by atoms with Gasteiger partial charge < -0.3 is 9.84 Å². The van der Waals surface area contributed by atoms with Crippen LogP contribution in [0.2, 0.25) is 5.02 Å². The number of hydrogen-bond donors (Lipinski definition) is 2. The number of rotatable bonds is 1. The van der Waals surface area contributed by atoms with Crippen molar-refractivity contribution in [1.29, 1.82) is 0 Å². The van der Waals surface area contributed by atoms with Gasteiger partial charge in [0, 0.05) is 16.8 Å². The molecule has 5 heteroatoms. The Labute approximate surface area is 99.2 Å². The number of hydrogen-bond acceptors (Lipinski definition) is 3. The van der Waals surface area contributed by atoms with Crippen LogP contribution in [0.25, 0.3) is 0 Å². The fourth-order valence-corrected chi connectivity index (χ4v) is 1.30. The van der Waals surface area contributed by atoms with E-state index in [1.54, 1.807) is 20.8 Å². The van der Waals surface area contributed by atoms with E-state index in [0.29, 0.717) is 10.7 Å². The largest absolute Gasteiger partial charge is 0.508 e. The van der Waals surface area contributed by atoms with Gasteiger partial charge >= 0.3 is 6.09 Å². The average molecular weight is 244 g/mol. The summed E-state index contributed by atoms with van der Waals surface area (Å²) in [6, 6.07) is 4.28. The summed E-state index contributed by atoms with van der Waals surface area (Å²) >= 11 is 5.71. The predicted octanol–water partition coefficient (Wildman–Crippen LogP) is 3.39. The predicted molar refractivity (Wildman–Crippen MR) is 63.0 cm³/mol. The molecule has 0 aliphatic carbocycles. The van der Waals surface area contributed by atoms with Crippen molar-refractivity contribution in [2.24, 2.45) is 0 Å². The number of carbonyl (C=O) groups excluding carboxylic acids is 1. The number of phenolic OH excluding ortho intramolecular Hbond substituents is 1. The number of ether oxygens (including phenoxy) is 1. The van der Waals surface area contributed by atoms with Crippen LogP contribution in [0.4, 0.5) is 10.5 Å². The van der Waals surface area contributed by atoms with Gasteiger partial charge in [0.2, 0.25) is 0 Å². The zero-order valence-electron chi connectivity index (χ0n) is 9.37. The van der Waals surface area contributed by atoms with Crippen molar-refractivity contribution < 1.29 is 14.6 Å². The van der Waals surface area contributed by atoms with Crippen LogP contribution in [0.3, 0.4) is 0 Å². The van der Waals surface area contributed by atoms with Gasteiger partial charge in [-0.1, -0.05) is 11.6 Å². The number of aromatic hydroxyl groups is 1. The van der Waals surface area contributed by atoms with Crippen LogP contribution in [0.1, 0.15) is 20.8 Å². The number of anilines is 1. The van der Waals surface area contributed by atoms with E-state index in [9.17, 15) is 9.90 Å². The Balaban J connectivity index is 2.70. The normalized spacial score (nSPS) is 11.0. The lowest BCUT2D eigenvalue weighted by Crippen LogP contribution is -2.27. The molecular weight excluding hydrogens is 230 g/mol. The zero-order valence-corrected chi connectivity index (χ0v) is 10.1. The molecule has 4 nitrogen and oxygen atoms in total. The second-order valence-electron chi connectivity index (χ2n) is 4.32. The molecule has 0 heterocycles. The third-order valence-electron chi connectivity index (χ3n) is 1.53. The van der Waals surface area contributed by atoms with E-state index in [2.05, 4.69) is 5.32 Å². The number of halogens is 1. The minimum atomic E-state index is -0.589. The van der Waals surface area contributed by atoms with Gasteiger partial charge in [0.25, 0.3) is 0 Å². The Morgan fingerprint density at radius 2 is 2.00 bits per heavy atom. The maximum atomic E-state index is 11.4. The molecule has 0 saturated heterocycles. The van der Waals surface area contributed by atoms with E-state index < -0.39 is 11.7 Å². The summed E-state index contributed by atoms with van der Waals surface area (Å²) in [6.45, 7) is 5.30. The van der Waals surface area contributed by atoms with Crippen LogP contribution < -0.4 is 5.32 Å². The third kappa shape index (κ3) is 4.40. The van der Waals surface area contributed by atoms with Crippen LogP contribution in [0.5, 0.6) is 5.75 Å². The fraction of sp³-hybridized carbons (Fsp3) is 0.364. The maximum Gasteiger partial charge on any atom is 0.412 e. The van der Waals surface area contributed by atoms with Crippen molar-refractivity contribution in [1.82, 2.24) is 0 Å². The molecule has 2 N–H and O–H groups in total. The van der Waals surface area contributed by atoms with E-state index in [1.165, 1.54) is 18.2 Å². The Morgan fingerprint density at radius 1 is 1.38 bits per heavy atom. The highest BCUT2D eigenvalue weighted by Crippen LogP contribution is 2.23. The third-order valence-corrected chi connectivity index (χ3v) is 1.75. The summed E-state index contributed by atoms with van der Waals surface area (Å²) in [5, 5.41) is 12.1. The molecular formula is C11H14ClNO3. The highest BCUT2D eigenvalue weighted by atomic mass is 35.5. The lowest BCUT2D eigenvalue weighted by Gasteiger charge is -2.19. The SMILES string of the molecule is CC(C)(C)OC(=O)Nc1cc(O)cc(Cl)c1. The monoisotopic (exact) mass is 243 g/mol. The molecule has 0 radical (unpaired) electrons. The number of phenols is 1. The molecule has 0 spiro atoms. The summed E-state index contributed by atoms with van der Waals surface area (Å²) in [7, 11) is 0. The highest BCUT2D eigenvalue weighted by Gasteiger charge is 2.16. The topological polar surface area (TPSA) is 58.6 Å². The van der Waals surface area contributed by atoms with Crippen LogP contribution in [0.15, 0.2) is 18.2 Å². The van der Waals surface area contributed by atoms with Gasteiger partial charge in [0.05, 0.1) is 0 Å². The van der Waals surface area contributed by atoms with E-state index in [1.807, 2.05) is 0 Å². The van der Waals surface area contributed by atoms with E-state index in [-0.39, 0.29) is 5.75 Å². The first kappa shape index (κ1) is 12.6. The lowest BCUT2D eigenvalue weighted by atomic mass is 10.2. The molecule has 1 amide bonds. The fourth-order valence-electron chi connectivity index (χ4n) is 1.07. The van der Waals surface area contributed by atoms with Crippen LogP contribution >= 0.6 is 11.6 Å². The van der Waals surface area contributed by atoms with E-state index in [0.717, 1.165) is 0 Å². The first-order valence-electron chi connectivity index (χ1n) is 4.76. The smallest absolute Gasteiger partial charge is 0.412 e. The van der Waals surface area contributed by atoms with Crippen molar-refractivity contribution in [3.05, 3.63) is 23.2 Å². The van der Waals surface area contributed by atoms with Crippen molar-refractivity contribution in [3.63, 3.8) is 0 Å². The average Bonchev–Trinajstić information content (AvgIpc) is 1.96. The zero-order chi connectivity index (χ0) is 12.3. The minimum Gasteiger partial charge on any atom is -0.508 e. The number of amides is 1. The van der Waals surface area contributed by atoms with Gasteiger partial charge in [-0.2, -0.15) is 0 Å². The van der Waals surface area contributed by atoms with Gasteiger partial charge in [0.1, 0.15) is 11.4 Å². The quantitative estimate of drug-likeness (QED) is 0.795. The molecule has 88 valence electrons. The number of carbonyl (C=O) groups is 1. The van der Waals surface area contributed by atoms with Crippen LogP contribution in [-0.2, 0) is 4.74 Å². The Kier molecular flexibility index (Phi) is 3.65. The van der Waals surface area contributed by atoms with Gasteiger partial charge in [-0.25, -0.2) is 4.79 Å². The second-order valence-corrected chi connectivity index (χ2v) is 4.76. The molecule has 0 atom stereocenters. The van der Waals surface area contributed by atoms with Crippen molar-refractivity contribution >= 4 is 23.4 Å². The molecule has 16 heavy (non-hydrogen) atoms. The summed E-state index contributed by atoms with van der Waals surface area (Å²) in [6.07, 6.45) is -0.589. The second kappa shape index (κ2) is 4.61. The summed E-state index contributed by atoms with van der Waals surface area (Å²) < 4.78 is 5.05. The van der Waals surface area contributed by atoms with Gasteiger partial charge in [-0.15, -0.1) is 0 Å². The molecule has 0 aliphatic heterocycles. The molecule has 0 bridgehead atoms. The van der Waals surface area contributed by atoms with Crippen LogP contribution in [0, 0.1) is 0 Å². The lowest BCUT2D eigenvalue weighted by molar-refractivity contribution is 0.0636. The first-order chi connectivity index (χ1) is 7.26. The van der Waals surface area contributed by atoms with Gasteiger partial charge in [0.15, 0.2) is 0 Å². The van der Waals surface area contributed by atoms with Crippen molar-refractivity contribution in [2.75, 3.05) is 5.32 Å². The van der Waals surface area contributed by atoms with Crippen molar-refractivity contribution in [2.45, 2.75) is 26.4 Å². The van der Waals surface area contributed by atoms with E-state index >= 15 is 0 Å². The van der Waals surface area contributed by atoms with Crippen molar-refractivity contribution in [3.8, 4) is 5.75 Å². The van der Waals surface area contributed by atoms with Gasteiger partial charge in [-0.3, -0.25) is 5.32 Å². The standard InChI is InChI=1S/C11H14ClNO3/c1-11(2,3)16-10(15)13-8-4-7(12)5-9(14)6-8/h4-6,14H,1-3H3,(H,13,15). The maximum absolute atomic E-state index is 11.4. The molecule has 0 saturated carbocycles. The Hall–Kier alpha value is -1.42. The molecule has 1 rings (SSSR count). The van der Waals surface area contributed by atoms with Gasteiger partial charge in [-0.05, 0) is 32.9 Å². The molecule has 0 aromatic heterocycles. The molecule has 0 fully saturated rings. The molecule has 1 aromatic carbocycles. The van der Waals surface area contributed by atoms with Crippen LogP contribution in [-0.4, -0.2) is 16.8 Å². The summed E-state index contributed by atoms with van der Waals surface area (Å²) in [5.41, 5.74) is -0.177. The molecule has 0 aliphatic rings. The minimum absolute atomic E-state index is 0.0152. The summed E-state index contributed by atoms with van der Waals surface area (Å²) in [5.74, 6) is -0.0152. The summed E-state index contributed by atoms with van der Waals surface area (Å²) in [4.78, 5) is 11.4. The highest BCUT2D eigenvalue weighted by molar-refractivity contribution is 6.31. The molecule has 0 unspecified atom stereocenters. The first-order valence-corrected chi connectivity index (χ1v) is 5.13. The number of benzene rings is 1.